The number of nitrogens with zero attached hydrogens (tertiary/aromatic N) is 4. The highest BCUT2D eigenvalue weighted by molar-refractivity contribution is 5.93. The van der Waals surface area contributed by atoms with Crippen LogP contribution in [0.2, 0.25) is 0 Å². The summed E-state index contributed by atoms with van der Waals surface area (Å²) in [6.45, 7) is 9.35. The molecule has 0 saturated carbocycles. The second-order valence-electron chi connectivity index (χ2n) is 7.19. The lowest BCUT2D eigenvalue weighted by atomic mass is 10.1. The van der Waals surface area contributed by atoms with Crippen molar-refractivity contribution in [2.75, 3.05) is 34.5 Å². The summed E-state index contributed by atoms with van der Waals surface area (Å²) in [5.74, 6) is 2.40. The van der Waals surface area contributed by atoms with Crippen LogP contribution in [0, 0.1) is 13.8 Å². The molecule has 0 atom stereocenters. The first-order valence-electron chi connectivity index (χ1n) is 11.0. The molecule has 0 aliphatic heterocycles. The van der Waals surface area contributed by atoms with Gasteiger partial charge in [0.1, 0.15) is 18.3 Å². The molecule has 1 aromatic heterocycles. The van der Waals surface area contributed by atoms with Gasteiger partial charge in [-0.2, -0.15) is 5.21 Å². The van der Waals surface area contributed by atoms with Gasteiger partial charge in [0, 0.05) is 32.0 Å². The van der Waals surface area contributed by atoms with Crippen LogP contribution in [0.15, 0.2) is 65.3 Å². The number of methoxy groups -OCH3 is 2. The van der Waals surface area contributed by atoms with E-state index >= 15 is 0 Å². The Morgan fingerprint density at radius 2 is 1.82 bits per heavy atom. The first kappa shape index (κ1) is 28.3. The largest absolute Gasteiger partial charge is 0.497 e. The number of aromatic amines is 1. The molecule has 0 unspecified atom stereocenters. The third kappa shape index (κ3) is 11.8. The Labute approximate surface area is 202 Å². The number of nitrogens with one attached hydrogen (secondary N) is 3. The summed E-state index contributed by atoms with van der Waals surface area (Å²) in [4.78, 5) is 4.19. The van der Waals surface area contributed by atoms with Crippen LogP contribution in [-0.2, 0) is 4.74 Å². The fourth-order valence-electron chi connectivity index (χ4n) is 2.49. The summed E-state index contributed by atoms with van der Waals surface area (Å²) < 4.78 is 9.83. The number of aromatic nitrogens is 4. The van der Waals surface area contributed by atoms with E-state index in [0.717, 1.165) is 29.4 Å². The van der Waals surface area contributed by atoms with Gasteiger partial charge >= 0.3 is 0 Å². The van der Waals surface area contributed by atoms with E-state index in [9.17, 15) is 0 Å². The summed E-state index contributed by atoms with van der Waals surface area (Å²) >= 11 is 0. The standard InChI is InChI=1S/C9H19N3O.C8H8N4.C8H10O/c1-5-11-9(12-7-13-4)6-8(2)10-3;1-6-3-2-4-7(5-6)8-9-11-12-10-8;1-7-3-5-8(9-2)6-4-7/h6,10H,5,7H2,1-4H3,(H,11,12);2-5H,1H3,(H,9,10,11,12);3-6H,1-2H3/b8-6-;;. The van der Waals surface area contributed by atoms with Crippen LogP contribution in [0.25, 0.3) is 11.4 Å². The molecule has 0 aliphatic carbocycles. The minimum atomic E-state index is 0.385. The van der Waals surface area contributed by atoms with Crippen molar-refractivity contribution in [3.05, 3.63) is 71.4 Å². The number of benzene rings is 2. The van der Waals surface area contributed by atoms with Crippen molar-refractivity contribution in [3.63, 3.8) is 0 Å². The van der Waals surface area contributed by atoms with E-state index in [0.29, 0.717) is 12.6 Å². The lowest BCUT2D eigenvalue weighted by molar-refractivity contribution is 0.209. The number of H-pyrrole nitrogens is 1. The molecule has 9 nitrogen and oxygen atoms in total. The summed E-state index contributed by atoms with van der Waals surface area (Å²) in [5, 5.41) is 19.8. The van der Waals surface area contributed by atoms with Crippen LogP contribution in [-0.4, -0.2) is 61.0 Å². The van der Waals surface area contributed by atoms with Crippen LogP contribution in [0.3, 0.4) is 0 Å². The second-order valence-corrected chi connectivity index (χ2v) is 7.19. The highest BCUT2D eigenvalue weighted by Gasteiger charge is 2.00. The third-order valence-corrected chi connectivity index (χ3v) is 4.35. The lowest BCUT2D eigenvalue weighted by Crippen LogP contribution is -2.23. The quantitative estimate of drug-likeness (QED) is 0.357. The van der Waals surface area contributed by atoms with Crippen molar-refractivity contribution < 1.29 is 9.47 Å². The Morgan fingerprint density at radius 3 is 2.35 bits per heavy atom. The molecule has 0 radical (unpaired) electrons. The molecule has 1 heterocycles. The van der Waals surface area contributed by atoms with E-state index in [-0.39, 0.29) is 0 Å². The van der Waals surface area contributed by atoms with Gasteiger partial charge in [0.25, 0.3) is 0 Å². The van der Waals surface area contributed by atoms with E-state index < -0.39 is 0 Å². The Kier molecular flexibility index (Phi) is 14.0. The zero-order valence-corrected chi connectivity index (χ0v) is 21.2. The third-order valence-electron chi connectivity index (χ3n) is 4.35. The van der Waals surface area contributed by atoms with E-state index in [2.05, 4.69) is 43.2 Å². The van der Waals surface area contributed by atoms with Crippen molar-refractivity contribution in [3.8, 4) is 17.1 Å². The van der Waals surface area contributed by atoms with E-state index in [4.69, 9.17) is 9.47 Å². The number of tetrazole rings is 1. The highest BCUT2D eigenvalue weighted by Crippen LogP contribution is 2.13. The normalized spacial score (nSPS) is 10.9. The number of hydrogen-bond donors (Lipinski definition) is 3. The minimum Gasteiger partial charge on any atom is -0.497 e. The number of rotatable bonds is 7. The predicted octanol–water partition coefficient (Wildman–Crippen LogP) is 3.90. The highest BCUT2D eigenvalue weighted by atomic mass is 16.5. The van der Waals surface area contributed by atoms with Gasteiger partial charge in [0.05, 0.1) is 7.11 Å². The summed E-state index contributed by atoms with van der Waals surface area (Å²) in [6.07, 6.45) is 1.95. The monoisotopic (exact) mass is 467 g/mol. The van der Waals surface area contributed by atoms with Crippen molar-refractivity contribution >= 4 is 5.84 Å². The molecule has 34 heavy (non-hydrogen) atoms. The van der Waals surface area contributed by atoms with Crippen molar-refractivity contribution in [2.24, 2.45) is 4.99 Å². The molecule has 0 spiro atoms. The average molecular weight is 468 g/mol. The first-order valence-corrected chi connectivity index (χ1v) is 11.0. The Hall–Kier alpha value is -3.72. The van der Waals surface area contributed by atoms with E-state index in [1.807, 2.05) is 82.4 Å². The van der Waals surface area contributed by atoms with Gasteiger partial charge in [-0.05, 0) is 57.2 Å². The predicted molar refractivity (Wildman–Crippen MR) is 138 cm³/mol. The smallest absolute Gasteiger partial charge is 0.204 e. The van der Waals surface area contributed by atoms with E-state index in [1.165, 1.54) is 11.1 Å². The fourth-order valence-corrected chi connectivity index (χ4v) is 2.49. The molecule has 3 aromatic rings. The number of aryl methyl sites for hydroxylation is 2. The van der Waals surface area contributed by atoms with Crippen LogP contribution < -0.4 is 15.4 Å². The Morgan fingerprint density at radius 1 is 1.09 bits per heavy atom. The maximum Gasteiger partial charge on any atom is 0.204 e. The maximum atomic E-state index is 4.97. The van der Waals surface area contributed by atoms with Crippen LogP contribution in [0.5, 0.6) is 5.75 Å². The number of likely N-dealkylation sites (N-methyl/N-ethyl adjacent to an activating group) is 1. The number of hydrogen-bond acceptors (Lipinski definition) is 7. The number of amidine groups is 1. The van der Waals surface area contributed by atoms with Crippen LogP contribution in [0.1, 0.15) is 25.0 Å². The second kappa shape index (κ2) is 16.8. The Bertz CT molecular complexity index is 985. The van der Waals surface area contributed by atoms with Gasteiger partial charge in [0.15, 0.2) is 0 Å². The molecule has 184 valence electrons. The zero-order valence-electron chi connectivity index (χ0n) is 21.2. The molecule has 0 amide bonds. The molecule has 9 heteroatoms. The van der Waals surface area contributed by atoms with Gasteiger partial charge in [-0.1, -0.05) is 41.5 Å². The van der Waals surface area contributed by atoms with E-state index in [1.54, 1.807) is 14.2 Å². The molecule has 3 rings (SSSR count). The number of aliphatic imine (C=N–C) groups is 1. The summed E-state index contributed by atoms with van der Waals surface area (Å²) in [5.41, 5.74) is 4.51. The lowest BCUT2D eigenvalue weighted by Gasteiger charge is -2.05. The van der Waals surface area contributed by atoms with Gasteiger partial charge < -0.3 is 20.1 Å². The minimum absolute atomic E-state index is 0.385. The first-order chi connectivity index (χ1) is 16.4. The molecule has 2 aromatic carbocycles. The molecule has 0 saturated heterocycles. The van der Waals surface area contributed by atoms with Crippen molar-refractivity contribution in [1.29, 1.82) is 0 Å². The van der Waals surface area contributed by atoms with Crippen molar-refractivity contribution in [1.82, 2.24) is 31.3 Å². The topological polar surface area (TPSA) is 109 Å². The van der Waals surface area contributed by atoms with Gasteiger partial charge in [0.2, 0.25) is 5.82 Å². The number of ether oxygens (including phenoxy) is 2. The molecule has 0 fully saturated rings. The van der Waals surface area contributed by atoms with Gasteiger partial charge in [-0.15, -0.1) is 10.2 Å². The fraction of sp³-hybridized carbons (Fsp3) is 0.360. The van der Waals surface area contributed by atoms with Crippen molar-refractivity contribution in [2.45, 2.75) is 27.7 Å². The molecular formula is C25H37N7O2. The van der Waals surface area contributed by atoms with Crippen LogP contribution in [0.4, 0.5) is 0 Å². The van der Waals surface area contributed by atoms with Crippen LogP contribution >= 0.6 is 0 Å². The molecule has 0 bridgehead atoms. The molecule has 3 N–H and O–H groups in total. The number of allylic oxidation sites excluding steroid dienone is 1. The van der Waals surface area contributed by atoms with Gasteiger partial charge in [-0.3, -0.25) is 0 Å². The Balaban J connectivity index is 0.000000259. The SMILES string of the molecule is CCNC(/C=C(/C)NC)=N/COC.COc1ccc(C)cc1.Cc1cccc(-c2nn[nH]n2)c1. The summed E-state index contributed by atoms with van der Waals surface area (Å²) in [6, 6.07) is 15.9. The summed E-state index contributed by atoms with van der Waals surface area (Å²) in [7, 11) is 5.18. The zero-order chi connectivity index (χ0) is 25.2. The molecular weight excluding hydrogens is 430 g/mol. The average Bonchev–Trinajstić information content (AvgIpc) is 3.39. The molecule has 0 aliphatic rings. The maximum absolute atomic E-state index is 4.97. The van der Waals surface area contributed by atoms with Gasteiger partial charge in [-0.25, -0.2) is 4.99 Å².